The first-order valence-corrected chi connectivity index (χ1v) is 7.97. The van der Waals surface area contributed by atoms with Crippen LogP contribution in [0.2, 0.25) is 0 Å². The lowest BCUT2D eigenvalue weighted by Crippen LogP contribution is -2.29. The van der Waals surface area contributed by atoms with Crippen molar-refractivity contribution < 1.29 is 0 Å². The number of nitrogens with one attached hydrogen (secondary N) is 1. The number of hydrogen-bond donors (Lipinski definition) is 1. The highest BCUT2D eigenvalue weighted by Crippen LogP contribution is 2.20. The predicted molar refractivity (Wildman–Crippen MR) is 83.7 cm³/mol. The third-order valence-electron chi connectivity index (χ3n) is 4.26. The molecular formula is C18H29N. The van der Waals surface area contributed by atoms with Gasteiger partial charge in [0.05, 0.1) is 0 Å². The summed E-state index contributed by atoms with van der Waals surface area (Å²) in [5.74, 6) is 1.36. The molecule has 0 aliphatic heterocycles. The van der Waals surface area contributed by atoms with E-state index in [0.29, 0.717) is 5.92 Å². The normalized spacial score (nSPS) is 18.1. The van der Waals surface area contributed by atoms with E-state index in [0.717, 1.165) is 18.5 Å². The molecule has 1 aliphatic rings. The van der Waals surface area contributed by atoms with E-state index >= 15 is 0 Å². The Hall–Kier alpha value is -0.820. The Bertz CT molecular complexity index is 360. The van der Waals surface area contributed by atoms with Gasteiger partial charge in [-0.25, -0.2) is 0 Å². The van der Waals surface area contributed by atoms with Crippen molar-refractivity contribution in [3.8, 4) is 0 Å². The van der Waals surface area contributed by atoms with Crippen molar-refractivity contribution >= 4 is 0 Å². The fourth-order valence-electron chi connectivity index (χ4n) is 3.04. The van der Waals surface area contributed by atoms with Gasteiger partial charge in [0.15, 0.2) is 0 Å². The minimum atomic E-state index is 0.619. The van der Waals surface area contributed by atoms with Crippen LogP contribution in [0.4, 0.5) is 0 Å². The molecule has 1 aromatic rings. The molecule has 0 radical (unpaired) electrons. The molecule has 1 atom stereocenters. The molecule has 1 aromatic carbocycles. The van der Waals surface area contributed by atoms with Gasteiger partial charge in [-0.2, -0.15) is 0 Å². The van der Waals surface area contributed by atoms with Crippen LogP contribution < -0.4 is 5.32 Å². The fraction of sp³-hybridized carbons (Fsp3) is 0.667. The molecule has 0 bridgehead atoms. The molecule has 1 heteroatoms. The minimum Gasteiger partial charge on any atom is -0.313 e. The maximum Gasteiger partial charge on any atom is 0.00673 e. The van der Waals surface area contributed by atoms with Crippen molar-refractivity contribution in [3.05, 3.63) is 35.4 Å². The van der Waals surface area contributed by atoms with Crippen molar-refractivity contribution in [1.29, 1.82) is 0 Å². The zero-order valence-corrected chi connectivity index (χ0v) is 12.8. The van der Waals surface area contributed by atoms with Crippen LogP contribution in [0, 0.1) is 5.92 Å². The average molecular weight is 259 g/mol. The molecule has 1 N–H and O–H groups in total. The summed E-state index contributed by atoms with van der Waals surface area (Å²) in [6.07, 6.45) is 6.76. The zero-order valence-electron chi connectivity index (χ0n) is 12.8. The largest absolute Gasteiger partial charge is 0.313 e. The monoisotopic (exact) mass is 259 g/mol. The van der Waals surface area contributed by atoms with Crippen molar-refractivity contribution in [2.24, 2.45) is 5.92 Å². The summed E-state index contributed by atoms with van der Waals surface area (Å²) >= 11 is 0. The summed E-state index contributed by atoms with van der Waals surface area (Å²) in [6.45, 7) is 8.01. The van der Waals surface area contributed by atoms with Crippen LogP contribution in [0.15, 0.2) is 24.3 Å². The van der Waals surface area contributed by atoms with Crippen LogP contribution in [0.3, 0.4) is 0 Å². The third-order valence-corrected chi connectivity index (χ3v) is 4.26. The Morgan fingerprint density at radius 1 is 1.05 bits per heavy atom. The average Bonchev–Trinajstić information content (AvgIpc) is 2.89. The third kappa shape index (κ3) is 4.65. The van der Waals surface area contributed by atoms with Gasteiger partial charge in [0, 0.05) is 12.6 Å². The van der Waals surface area contributed by atoms with Crippen LogP contribution in [0.5, 0.6) is 0 Å². The molecule has 1 unspecified atom stereocenters. The van der Waals surface area contributed by atoms with E-state index in [1.807, 2.05) is 0 Å². The zero-order chi connectivity index (χ0) is 13.7. The topological polar surface area (TPSA) is 12.0 Å². The van der Waals surface area contributed by atoms with Crippen molar-refractivity contribution in [3.63, 3.8) is 0 Å². The van der Waals surface area contributed by atoms with Crippen LogP contribution in [0.1, 0.15) is 63.5 Å². The molecule has 0 aromatic heterocycles. The van der Waals surface area contributed by atoms with E-state index in [9.17, 15) is 0 Å². The molecule has 2 rings (SSSR count). The summed E-state index contributed by atoms with van der Waals surface area (Å²) in [5, 5.41) is 3.73. The molecule has 0 heterocycles. The quantitative estimate of drug-likeness (QED) is 0.792. The van der Waals surface area contributed by atoms with Gasteiger partial charge >= 0.3 is 0 Å². The van der Waals surface area contributed by atoms with Crippen molar-refractivity contribution in [1.82, 2.24) is 5.32 Å². The highest BCUT2D eigenvalue weighted by Gasteiger charge is 2.15. The highest BCUT2D eigenvalue weighted by molar-refractivity contribution is 5.25. The Kier molecular flexibility index (Phi) is 5.45. The molecule has 0 spiro atoms. The second-order valence-corrected chi connectivity index (χ2v) is 6.63. The van der Waals surface area contributed by atoms with E-state index in [-0.39, 0.29) is 0 Å². The number of benzene rings is 1. The van der Waals surface area contributed by atoms with Crippen LogP contribution in [-0.4, -0.2) is 12.6 Å². The van der Waals surface area contributed by atoms with Gasteiger partial charge in [-0.05, 0) is 42.2 Å². The van der Waals surface area contributed by atoms with E-state index in [1.165, 1.54) is 43.2 Å². The summed E-state index contributed by atoms with van der Waals surface area (Å²) in [6, 6.07) is 10.0. The lowest BCUT2D eigenvalue weighted by Gasteiger charge is -2.17. The smallest absolute Gasteiger partial charge is 0.00673 e. The van der Waals surface area contributed by atoms with Crippen LogP contribution >= 0.6 is 0 Å². The molecular weight excluding hydrogens is 230 g/mol. The van der Waals surface area contributed by atoms with Gasteiger partial charge in [0.2, 0.25) is 0 Å². The molecule has 1 nitrogen and oxygen atoms in total. The van der Waals surface area contributed by atoms with Crippen molar-refractivity contribution in [2.75, 3.05) is 6.54 Å². The lowest BCUT2D eigenvalue weighted by molar-refractivity contribution is 0.499. The molecule has 1 aliphatic carbocycles. The van der Waals surface area contributed by atoms with E-state index in [1.54, 1.807) is 0 Å². The second-order valence-electron chi connectivity index (χ2n) is 6.63. The van der Waals surface area contributed by atoms with Gasteiger partial charge in [-0.3, -0.25) is 0 Å². The molecule has 19 heavy (non-hydrogen) atoms. The summed E-state index contributed by atoms with van der Waals surface area (Å²) in [5.41, 5.74) is 2.94. The number of rotatable bonds is 6. The second kappa shape index (κ2) is 7.09. The first-order valence-electron chi connectivity index (χ1n) is 7.97. The summed E-state index contributed by atoms with van der Waals surface area (Å²) < 4.78 is 0. The SMILES string of the molecule is CC(C)Cc1ccc(C(C)CNC2CCCC2)cc1. The lowest BCUT2D eigenvalue weighted by atomic mass is 9.96. The first kappa shape index (κ1) is 14.6. The van der Waals surface area contributed by atoms with Gasteiger partial charge in [0.25, 0.3) is 0 Å². The number of hydrogen-bond acceptors (Lipinski definition) is 1. The van der Waals surface area contributed by atoms with Crippen LogP contribution in [-0.2, 0) is 6.42 Å². The summed E-state index contributed by atoms with van der Waals surface area (Å²) in [7, 11) is 0. The Morgan fingerprint density at radius 2 is 1.68 bits per heavy atom. The molecule has 0 amide bonds. The van der Waals surface area contributed by atoms with Gasteiger partial charge in [0.1, 0.15) is 0 Å². The Balaban J connectivity index is 1.82. The minimum absolute atomic E-state index is 0.619. The van der Waals surface area contributed by atoms with Crippen molar-refractivity contribution in [2.45, 2.75) is 64.8 Å². The van der Waals surface area contributed by atoms with E-state index < -0.39 is 0 Å². The Morgan fingerprint density at radius 3 is 2.26 bits per heavy atom. The first-order chi connectivity index (χ1) is 9.15. The highest BCUT2D eigenvalue weighted by atomic mass is 14.9. The van der Waals surface area contributed by atoms with Gasteiger partial charge in [-0.15, -0.1) is 0 Å². The van der Waals surface area contributed by atoms with E-state index in [2.05, 4.69) is 50.4 Å². The Labute approximate surface area is 118 Å². The maximum atomic E-state index is 3.73. The van der Waals surface area contributed by atoms with Gasteiger partial charge in [-0.1, -0.05) is 57.9 Å². The maximum absolute atomic E-state index is 3.73. The molecule has 1 saturated carbocycles. The van der Waals surface area contributed by atoms with Crippen LogP contribution in [0.25, 0.3) is 0 Å². The molecule has 1 fully saturated rings. The predicted octanol–water partition coefficient (Wildman–Crippen LogP) is 4.52. The molecule has 0 saturated heterocycles. The van der Waals surface area contributed by atoms with E-state index in [4.69, 9.17) is 0 Å². The standard InChI is InChI=1S/C18H29N/c1-14(2)12-16-8-10-17(11-9-16)15(3)13-19-18-6-4-5-7-18/h8-11,14-15,18-19H,4-7,12-13H2,1-3H3. The summed E-state index contributed by atoms with van der Waals surface area (Å²) in [4.78, 5) is 0. The molecule has 106 valence electrons. The fourth-order valence-corrected chi connectivity index (χ4v) is 3.04. The van der Waals surface area contributed by atoms with Gasteiger partial charge < -0.3 is 5.32 Å².